The predicted octanol–water partition coefficient (Wildman–Crippen LogP) is 12.2. The van der Waals surface area contributed by atoms with Gasteiger partial charge < -0.3 is 24.6 Å². The van der Waals surface area contributed by atoms with Crippen molar-refractivity contribution in [3.05, 3.63) is 85.1 Å². The molecular weight excluding hydrogens is 767 g/mol. The SMILES string of the molecule is CC/C=C\C/C=C\C/C=C\C/C=C\C/C=C\C/C=C\CCC(=O)O[C@H](COC(=O)CCCCCCCCC/C=C\CCCCCCCC)COP(=O)(O)OC[C@@H](O)CO. The lowest BCUT2D eigenvalue weighted by Crippen LogP contribution is -2.29. The van der Waals surface area contributed by atoms with Gasteiger partial charge in [-0.25, -0.2) is 4.57 Å². The highest BCUT2D eigenvalue weighted by Crippen LogP contribution is 2.43. The number of phosphoric ester groups is 1. The van der Waals surface area contributed by atoms with E-state index >= 15 is 0 Å². The van der Waals surface area contributed by atoms with Gasteiger partial charge in [-0.15, -0.1) is 0 Å². The fraction of sp³-hybridized carbons (Fsp3) is 0.667. The number of phosphoric acid groups is 1. The number of aliphatic hydroxyl groups is 2. The van der Waals surface area contributed by atoms with Gasteiger partial charge in [0, 0.05) is 12.8 Å². The van der Waals surface area contributed by atoms with E-state index in [-0.39, 0.29) is 19.4 Å². The van der Waals surface area contributed by atoms with Crippen LogP contribution in [0.15, 0.2) is 85.1 Å². The van der Waals surface area contributed by atoms with Crippen molar-refractivity contribution in [1.82, 2.24) is 0 Å². The van der Waals surface area contributed by atoms with Crippen LogP contribution in [-0.4, -0.2) is 65.7 Å². The maximum atomic E-state index is 12.6. The van der Waals surface area contributed by atoms with E-state index in [2.05, 4.69) is 91.3 Å². The van der Waals surface area contributed by atoms with E-state index < -0.39 is 51.8 Å². The summed E-state index contributed by atoms with van der Waals surface area (Å²) in [5.74, 6) is -1.03. The summed E-state index contributed by atoms with van der Waals surface area (Å²) in [6, 6.07) is 0. The van der Waals surface area contributed by atoms with Crippen LogP contribution in [0.1, 0.15) is 168 Å². The number of aliphatic hydroxyl groups excluding tert-OH is 2. The van der Waals surface area contributed by atoms with E-state index in [1.165, 1.54) is 64.2 Å². The first-order valence-electron chi connectivity index (χ1n) is 22.5. The molecule has 338 valence electrons. The molecule has 0 aliphatic rings. The third kappa shape index (κ3) is 43.1. The molecule has 0 fully saturated rings. The molecule has 0 aromatic carbocycles. The number of ether oxygens (including phenoxy) is 2. The molecule has 59 heavy (non-hydrogen) atoms. The van der Waals surface area contributed by atoms with Crippen LogP contribution in [-0.2, 0) is 32.7 Å². The molecule has 1 unspecified atom stereocenters. The van der Waals surface area contributed by atoms with Gasteiger partial charge in [-0.2, -0.15) is 0 Å². The summed E-state index contributed by atoms with van der Waals surface area (Å²) in [6.45, 7) is 2.16. The normalized spacial score (nSPS) is 14.6. The minimum Gasteiger partial charge on any atom is -0.462 e. The minimum atomic E-state index is -4.65. The fourth-order valence-electron chi connectivity index (χ4n) is 5.60. The zero-order valence-corrected chi connectivity index (χ0v) is 37.6. The maximum absolute atomic E-state index is 12.6. The van der Waals surface area contributed by atoms with Gasteiger partial charge in [-0.05, 0) is 77.0 Å². The number of allylic oxidation sites excluding steroid dienone is 14. The molecule has 11 heteroatoms. The van der Waals surface area contributed by atoms with E-state index in [1.807, 2.05) is 12.2 Å². The summed E-state index contributed by atoms with van der Waals surface area (Å²) in [7, 11) is -4.65. The van der Waals surface area contributed by atoms with Crippen LogP contribution < -0.4 is 0 Å². The van der Waals surface area contributed by atoms with Crippen molar-refractivity contribution in [2.75, 3.05) is 26.4 Å². The predicted molar refractivity (Wildman–Crippen MR) is 242 cm³/mol. The third-order valence-corrected chi connectivity index (χ3v) is 10.00. The second-order valence-corrected chi connectivity index (χ2v) is 16.1. The summed E-state index contributed by atoms with van der Waals surface area (Å²) in [6.07, 6.45) is 51.3. The smallest absolute Gasteiger partial charge is 0.462 e. The summed E-state index contributed by atoms with van der Waals surface area (Å²) < 4.78 is 32.7. The zero-order chi connectivity index (χ0) is 43.3. The lowest BCUT2D eigenvalue weighted by atomic mass is 10.1. The topological polar surface area (TPSA) is 149 Å². The minimum absolute atomic E-state index is 0.0541. The molecule has 0 bridgehead atoms. The number of esters is 2. The van der Waals surface area contributed by atoms with Crippen LogP contribution in [0.4, 0.5) is 0 Å². The van der Waals surface area contributed by atoms with Gasteiger partial charge >= 0.3 is 19.8 Å². The Kier molecular flexibility index (Phi) is 41.2. The molecule has 0 heterocycles. The number of unbranched alkanes of at least 4 members (excludes halogenated alkanes) is 13. The van der Waals surface area contributed by atoms with Crippen LogP contribution in [0, 0.1) is 0 Å². The van der Waals surface area contributed by atoms with E-state index in [0.29, 0.717) is 12.8 Å². The van der Waals surface area contributed by atoms with Gasteiger partial charge in [0.1, 0.15) is 12.7 Å². The Balaban J connectivity index is 4.42. The van der Waals surface area contributed by atoms with E-state index in [0.717, 1.165) is 64.2 Å². The first-order chi connectivity index (χ1) is 28.7. The van der Waals surface area contributed by atoms with Crippen LogP contribution in [0.25, 0.3) is 0 Å². The zero-order valence-electron chi connectivity index (χ0n) is 36.7. The largest absolute Gasteiger partial charge is 0.472 e. The van der Waals surface area contributed by atoms with E-state index in [4.69, 9.17) is 19.1 Å². The van der Waals surface area contributed by atoms with Crippen molar-refractivity contribution in [2.24, 2.45) is 0 Å². The molecule has 0 aliphatic carbocycles. The average molecular weight is 849 g/mol. The maximum Gasteiger partial charge on any atom is 0.472 e. The summed E-state index contributed by atoms with van der Waals surface area (Å²) in [4.78, 5) is 35.0. The molecule has 0 aromatic rings. The number of carbonyl (C=O) groups excluding carboxylic acids is 2. The van der Waals surface area contributed by atoms with Crippen LogP contribution in [0.3, 0.4) is 0 Å². The highest BCUT2D eigenvalue weighted by molar-refractivity contribution is 7.47. The molecular formula is C48H81O10P. The van der Waals surface area contributed by atoms with Gasteiger partial charge in [0.2, 0.25) is 0 Å². The molecule has 0 aliphatic heterocycles. The lowest BCUT2D eigenvalue weighted by molar-refractivity contribution is -0.161. The average Bonchev–Trinajstić information content (AvgIpc) is 3.22. The number of hydrogen-bond donors (Lipinski definition) is 3. The van der Waals surface area contributed by atoms with Crippen molar-refractivity contribution < 1.29 is 47.8 Å². The van der Waals surface area contributed by atoms with Crippen molar-refractivity contribution in [3.8, 4) is 0 Å². The second-order valence-electron chi connectivity index (χ2n) is 14.7. The van der Waals surface area contributed by atoms with Gasteiger partial charge in [-0.3, -0.25) is 18.6 Å². The molecule has 0 radical (unpaired) electrons. The Bertz CT molecular complexity index is 1250. The summed E-state index contributed by atoms with van der Waals surface area (Å²) >= 11 is 0. The highest BCUT2D eigenvalue weighted by atomic mass is 31.2. The van der Waals surface area contributed by atoms with E-state index in [9.17, 15) is 24.2 Å². The first kappa shape index (κ1) is 56.1. The quantitative estimate of drug-likeness (QED) is 0.0235. The van der Waals surface area contributed by atoms with Gasteiger partial charge in [0.25, 0.3) is 0 Å². The summed E-state index contributed by atoms with van der Waals surface area (Å²) in [5, 5.41) is 18.3. The van der Waals surface area contributed by atoms with Gasteiger partial charge in [0.05, 0.1) is 19.8 Å². The Morgan fingerprint density at radius 2 is 0.966 bits per heavy atom. The Hall–Kier alpha value is -2.85. The third-order valence-electron chi connectivity index (χ3n) is 9.05. The van der Waals surface area contributed by atoms with E-state index in [1.54, 1.807) is 0 Å². The standard InChI is InChI=1S/C48H81O10P/c1-3-5-7-9-11-13-15-17-19-21-22-24-26-28-30-32-34-36-38-40-48(52)58-46(44-57-59(53,54)56-42-45(50)41-49)43-55-47(51)39-37-35-33-31-29-27-25-23-20-18-16-14-12-10-8-6-4-2/h5,7,11,13,17-20,22,24,28,30,34,36,45-46,49-50H,3-4,6,8-10,12,14-16,21,23,25-27,29,31-33,35,37-44H2,1-2H3,(H,53,54)/b7-5-,13-11-,19-17-,20-18-,24-22-,30-28-,36-34-/t45-,46+/m0/s1. The molecule has 3 atom stereocenters. The lowest BCUT2D eigenvalue weighted by Gasteiger charge is -2.20. The van der Waals surface area contributed by atoms with Crippen molar-refractivity contribution in [2.45, 2.75) is 180 Å². The molecule has 0 amide bonds. The molecule has 0 saturated heterocycles. The Morgan fingerprint density at radius 1 is 0.525 bits per heavy atom. The molecule has 3 N–H and O–H groups in total. The summed E-state index contributed by atoms with van der Waals surface area (Å²) in [5.41, 5.74) is 0. The number of hydrogen-bond acceptors (Lipinski definition) is 9. The van der Waals surface area contributed by atoms with Crippen molar-refractivity contribution in [3.63, 3.8) is 0 Å². The number of carbonyl (C=O) groups is 2. The van der Waals surface area contributed by atoms with Crippen LogP contribution in [0.2, 0.25) is 0 Å². The fourth-order valence-corrected chi connectivity index (χ4v) is 6.39. The Labute approximate surface area is 358 Å². The molecule has 0 saturated carbocycles. The van der Waals surface area contributed by atoms with Gasteiger partial charge in [-0.1, -0.05) is 163 Å². The monoisotopic (exact) mass is 849 g/mol. The van der Waals surface area contributed by atoms with Crippen molar-refractivity contribution >= 4 is 19.8 Å². The highest BCUT2D eigenvalue weighted by Gasteiger charge is 2.27. The number of rotatable bonds is 41. The van der Waals surface area contributed by atoms with Crippen LogP contribution in [0.5, 0.6) is 0 Å². The van der Waals surface area contributed by atoms with Crippen molar-refractivity contribution in [1.29, 1.82) is 0 Å². The molecule has 0 aromatic heterocycles. The molecule has 0 rings (SSSR count). The van der Waals surface area contributed by atoms with Crippen LogP contribution >= 0.6 is 7.82 Å². The van der Waals surface area contributed by atoms with Gasteiger partial charge in [0.15, 0.2) is 6.10 Å². The molecule has 10 nitrogen and oxygen atoms in total. The first-order valence-corrected chi connectivity index (χ1v) is 24.0. The molecule has 0 spiro atoms. The Morgan fingerprint density at radius 3 is 1.47 bits per heavy atom. The second kappa shape index (κ2) is 43.2.